The molecule has 9 heteroatoms. The monoisotopic (exact) mass is 414 g/mol. The first-order valence-corrected chi connectivity index (χ1v) is 10.4. The number of amides is 1. The molecule has 0 bridgehead atoms. The maximum Gasteiger partial charge on any atom is 0.256 e. The SMILES string of the molecule is Cc1cc(C#N)nc(N2CC[C@@H]3CCN(C(=O)c4ccccc4-n4nccn4)C[C@@H]32)n1. The van der Waals surface area contributed by atoms with Gasteiger partial charge < -0.3 is 9.80 Å². The molecule has 2 saturated heterocycles. The van der Waals surface area contributed by atoms with Gasteiger partial charge in [0.15, 0.2) is 0 Å². The molecular weight excluding hydrogens is 392 g/mol. The van der Waals surface area contributed by atoms with Gasteiger partial charge in [0.25, 0.3) is 5.91 Å². The molecule has 156 valence electrons. The van der Waals surface area contributed by atoms with E-state index in [1.807, 2.05) is 36.1 Å². The molecule has 0 unspecified atom stereocenters. The molecule has 2 aliphatic rings. The van der Waals surface area contributed by atoms with Crippen molar-refractivity contribution in [1.82, 2.24) is 29.9 Å². The molecule has 2 aromatic heterocycles. The van der Waals surface area contributed by atoms with Gasteiger partial charge in [-0.15, -0.1) is 0 Å². The number of benzene rings is 1. The summed E-state index contributed by atoms with van der Waals surface area (Å²) < 4.78 is 0. The van der Waals surface area contributed by atoms with Gasteiger partial charge in [-0.2, -0.15) is 20.3 Å². The molecule has 0 radical (unpaired) electrons. The maximum atomic E-state index is 13.5. The van der Waals surface area contributed by atoms with E-state index in [1.54, 1.807) is 18.5 Å². The third kappa shape index (κ3) is 3.50. The molecule has 31 heavy (non-hydrogen) atoms. The van der Waals surface area contributed by atoms with Crippen LogP contribution in [-0.4, -0.2) is 61.4 Å². The Morgan fingerprint density at radius 1 is 1.13 bits per heavy atom. The molecule has 0 spiro atoms. The first-order valence-electron chi connectivity index (χ1n) is 10.4. The van der Waals surface area contributed by atoms with Crippen LogP contribution in [0.15, 0.2) is 42.7 Å². The summed E-state index contributed by atoms with van der Waals surface area (Å²) in [6.07, 6.45) is 5.17. The van der Waals surface area contributed by atoms with Gasteiger partial charge in [0, 0.05) is 25.3 Å². The second-order valence-corrected chi connectivity index (χ2v) is 7.99. The van der Waals surface area contributed by atoms with Crippen LogP contribution in [0.4, 0.5) is 5.95 Å². The van der Waals surface area contributed by atoms with Gasteiger partial charge in [-0.25, -0.2) is 9.97 Å². The summed E-state index contributed by atoms with van der Waals surface area (Å²) in [4.78, 5) is 28.0. The largest absolute Gasteiger partial charge is 0.336 e. The molecule has 0 aliphatic carbocycles. The Balaban J connectivity index is 1.41. The topological polar surface area (TPSA) is 104 Å². The average Bonchev–Trinajstić information content (AvgIpc) is 3.48. The van der Waals surface area contributed by atoms with E-state index < -0.39 is 0 Å². The zero-order valence-electron chi connectivity index (χ0n) is 17.2. The zero-order chi connectivity index (χ0) is 21.4. The summed E-state index contributed by atoms with van der Waals surface area (Å²) in [6, 6.07) is 11.4. The highest BCUT2D eigenvalue weighted by Crippen LogP contribution is 2.34. The molecule has 2 aliphatic heterocycles. The average molecular weight is 414 g/mol. The summed E-state index contributed by atoms with van der Waals surface area (Å²) in [5.74, 6) is 1.04. The van der Waals surface area contributed by atoms with Gasteiger partial charge in [0.05, 0.1) is 29.7 Å². The Bertz CT molecular complexity index is 1150. The third-order valence-electron chi connectivity index (χ3n) is 6.13. The number of likely N-dealkylation sites (tertiary alicyclic amines) is 1. The molecule has 9 nitrogen and oxygen atoms in total. The lowest BCUT2D eigenvalue weighted by molar-refractivity contribution is 0.0678. The number of hydrogen-bond acceptors (Lipinski definition) is 7. The Morgan fingerprint density at radius 2 is 1.90 bits per heavy atom. The second kappa shape index (κ2) is 7.80. The quantitative estimate of drug-likeness (QED) is 0.645. The van der Waals surface area contributed by atoms with Gasteiger partial charge in [-0.3, -0.25) is 4.79 Å². The minimum Gasteiger partial charge on any atom is -0.336 e. The Morgan fingerprint density at radius 3 is 2.71 bits per heavy atom. The Labute approximate surface area is 179 Å². The number of nitrogens with zero attached hydrogens (tertiary/aromatic N) is 8. The van der Waals surface area contributed by atoms with Crippen LogP contribution in [-0.2, 0) is 0 Å². The van der Waals surface area contributed by atoms with Crippen molar-refractivity contribution in [3.05, 3.63) is 59.7 Å². The number of rotatable bonds is 3. The zero-order valence-corrected chi connectivity index (χ0v) is 17.2. The first-order chi connectivity index (χ1) is 15.1. The lowest BCUT2D eigenvalue weighted by Crippen LogP contribution is -2.50. The Hall–Kier alpha value is -3.80. The number of anilines is 1. The number of hydrogen-bond donors (Lipinski definition) is 0. The summed E-state index contributed by atoms with van der Waals surface area (Å²) >= 11 is 0. The minimum absolute atomic E-state index is 0.0268. The van der Waals surface area contributed by atoms with Crippen molar-refractivity contribution in [3.63, 3.8) is 0 Å². The first kappa shape index (κ1) is 19.2. The summed E-state index contributed by atoms with van der Waals surface area (Å²) in [6.45, 7) is 4.02. The minimum atomic E-state index is -0.0268. The number of fused-ring (bicyclic) bond motifs is 1. The van der Waals surface area contributed by atoms with Crippen molar-refractivity contribution in [2.24, 2.45) is 5.92 Å². The van der Waals surface area contributed by atoms with Crippen LogP contribution in [0.1, 0.15) is 34.6 Å². The van der Waals surface area contributed by atoms with Crippen molar-refractivity contribution in [2.45, 2.75) is 25.8 Å². The highest BCUT2D eigenvalue weighted by Gasteiger charge is 2.41. The van der Waals surface area contributed by atoms with Crippen LogP contribution in [0, 0.1) is 24.2 Å². The number of nitriles is 1. The van der Waals surface area contributed by atoms with Crippen molar-refractivity contribution >= 4 is 11.9 Å². The van der Waals surface area contributed by atoms with Crippen molar-refractivity contribution in [2.75, 3.05) is 24.5 Å². The molecule has 2 fully saturated rings. The lowest BCUT2D eigenvalue weighted by Gasteiger charge is -2.38. The van der Waals surface area contributed by atoms with Crippen molar-refractivity contribution < 1.29 is 4.79 Å². The molecule has 5 rings (SSSR count). The summed E-state index contributed by atoms with van der Waals surface area (Å²) in [5, 5.41) is 17.7. The van der Waals surface area contributed by atoms with E-state index in [9.17, 15) is 10.1 Å². The molecule has 1 aromatic carbocycles. The van der Waals surface area contributed by atoms with E-state index in [0.29, 0.717) is 41.9 Å². The van der Waals surface area contributed by atoms with Crippen LogP contribution >= 0.6 is 0 Å². The molecule has 4 heterocycles. The van der Waals surface area contributed by atoms with Gasteiger partial charge in [-0.1, -0.05) is 12.1 Å². The fraction of sp³-hybridized carbons (Fsp3) is 0.364. The lowest BCUT2D eigenvalue weighted by atomic mass is 9.91. The molecule has 1 amide bonds. The van der Waals surface area contributed by atoms with Crippen LogP contribution in [0.2, 0.25) is 0 Å². The highest BCUT2D eigenvalue weighted by molar-refractivity contribution is 5.97. The highest BCUT2D eigenvalue weighted by atomic mass is 16.2. The van der Waals surface area contributed by atoms with Gasteiger partial charge in [0.2, 0.25) is 5.95 Å². The number of para-hydroxylation sites is 1. The number of aryl methyl sites for hydroxylation is 1. The second-order valence-electron chi connectivity index (χ2n) is 7.99. The van der Waals surface area contributed by atoms with E-state index in [4.69, 9.17) is 0 Å². The number of aromatic nitrogens is 5. The fourth-order valence-corrected chi connectivity index (χ4v) is 4.65. The van der Waals surface area contributed by atoms with Gasteiger partial charge in [-0.05, 0) is 43.9 Å². The van der Waals surface area contributed by atoms with Crippen LogP contribution in [0.25, 0.3) is 5.69 Å². The van der Waals surface area contributed by atoms with Crippen molar-refractivity contribution in [3.8, 4) is 11.8 Å². The number of carbonyl (C=O) groups excluding carboxylic acids is 1. The van der Waals surface area contributed by atoms with E-state index in [2.05, 4.69) is 31.1 Å². The van der Waals surface area contributed by atoms with E-state index >= 15 is 0 Å². The molecule has 0 N–H and O–H groups in total. The van der Waals surface area contributed by atoms with E-state index in [-0.39, 0.29) is 11.9 Å². The summed E-state index contributed by atoms with van der Waals surface area (Å²) in [5.41, 5.74) is 2.40. The third-order valence-corrected chi connectivity index (χ3v) is 6.13. The Kier molecular flexibility index (Phi) is 4.82. The standard InChI is InChI=1S/C22H22N8O/c1-15-12-17(13-23)27-22(26-15)29-11-7-16-6-10-28(14-20(16)29)21(31)18-4-2-3-5-19(18)30-24-8-9-25-30/h2-5,8-9,12,16,20H,6-7,10-11,14H2,1H3/t16-,20-/m0/s1. The smallest absolute Gasteiger partial charge is 0.256 e. The molecule has 3 aromatic rings. The van der Waals surface area contributed by atoms with E-state index in [1.165, 1.54) is 4.80 Å². The number of carbonyl (C=O) groups is 1. The maximum absolute atomic E-state index is 13.5. The fourth-order valence-electron chi connectivity index (χ4n) is 4.65. The molecular formula is C22H22N8O. The predicted molar refractivity (Wildman–Crippen MR) is 113 cm³/mol. The summed E-state index contributed by atoms with van der Waals surface area (Å²) in [7, 11) is 0. The molecule has 0 saturated carbocycles. The van der Waals surface area contributed by atoms with Crippen LogP contribution < -0.4 is 4.90 Å². The van der Waals surface area contributed by atoms with Crippen LogP contribution in [0.5, 0.6) is 0 Å². The van der Waals surface area contributed by atoms with Gasteiger partial charge in [0.1, 0.15) is 11.8 Å². The van der Waals surface area contributed by atoms with Crippen LogP contribution in [0.3, 0.4) is 0 Å². The molecule has 2 atom stereocenters. The van der Waals surface area contributed by atoms with Gasteiger partial charge >= 0.3 is 0 Å². The number of piperidine rings is 1. The van der Waals surface area contributed by atoms with E-state index in [0.717, 1.165) is 25.1 Å². The normalized spacial score (nSPS) is 20.4. The van der Waals surface area contributed by atoms with Crippen molar-refractivity contribution in [1.29, 1.82) is 5.26 Å². The predicted octanol–water partition coefficient (Wildman–Crippen LogP) is 1.98.